The Hall–Kier alpha value is -3.64. The molecule has 2 rings (SSSR count). The first-order chi connectivity index (χ1) is 18.0. The van der Waals surface area contributed by atoms with E-state index in [0.717, 1.165) is 0 Å². The zero-order chi connectivity index (χ0) is 28.1. The van der Waals surface area contributed by atoms with Gasteiger partial charge in [0.05, 0.1) is 6.54 Å². The normalized spacial score (nSPS) is 16.2. The highest BCUT2D eigenvalue weighted by Gasteiger charge is 2.28. The molecule has 2 atom stereocenters. The first-order valence-electron chi connectivity index (χ1n) is 12.4. The first-order valence-corrected chi connectivity index (χ1v) is 12.4. The molecule has 1 saturated heterocycles. The number of hydrogen-bond acceptors (Lipinski definition) is 9. The number of ether oxygens (including phenoxy) is 4. The summed E-state index contributed by atoms with van der Waals surface area (Å²) in [6, 6.07) is 6.34. The average Bonchev–Trinajstić information content (AvgIpc) is 2.84. The van der Waals surface area contributed by atoms with Gasteiger partial charge in [-0.1, -0.05) is 12.6 Å². The zero-order valence-corrected chi connectivity index (χ0v) is 22.4. The number of piperidine rings is 1. The Morgan fingerprint density at radius 1 is 1.13 bits per heavy atom. The number of nitrogens with one attached hydrogen (secondary N) is 4. The largest absolute Gasteiger partial charge is 0.492 e. The van der Waals surface area contributed by atoms with Gasteiger partial charge in [-0.05, 0) is 39.3 Å². The lowest BCUT2D eigenvalue weighted by Gasteiger charge is -2.23. The molecule has 12 heteroatoms. The molecule has 12 nitrogen and oxygen atoms in total. The van der Waals surface area contributed by atoms with Crippen molar-refractivity contribution in [2.45, 2.75) is 57.9 Å². The minimum absolute atomic E-state index is 0.172. The molecule has 0 saturated carbocycles. The number of alkyl carbamates (subject to hydrolysis) is 1. The lowest BCUT2D eigenvalue weighted by atomic mass is 10.1. The number of hydrogen-bond donors (Lipinski definition) is 4. The van der Waals surface area contributed by atoms with E-state index in [2.05, 4.69) is 27.8 Å². The highest BCUT2D eigenvalue weighted by molar-refractivity contribution is 6.03. The van der Waals surface area contributed by atoms with Gasteiger partial charge in [-0.25, -0.2) is 4.79 Å². The van der Waals surface area contributed by atoms with E-state index in [4.69, 9.17) is 18.9 Å². The van der Waals surface area contributed by atoms with Gasteiger partial charge in [-0.15, -0.1) is 0 Å². The van der Waals surface area contributed by atoms with Gasteiger partial charge >= 0.3 is 6.09 Å². The van der Waals surface area contributed by atoms with E-state index >= 15 is 0 Å². The molecule has 0 spiro atoms. The maximum Gasteiger partial charge on any atom is 0.407 e. The predicted molar refractivity (Wildman–Crippen MR) is 139 cm³/mol. The van der Waals surface area contributed by atoms with Gasteiger partial charge in [0.2, 0.25) is 17.7 Å². The summed E-state index contributed by atoms with van der Waals surface area (Å²) in [6.45, 7) is 10.5. The smallest absolute Gasteiger partial charge is 0.407 e. The minimum Gasteiger partial charge on any atom is -0.492 e. The highest BCUT2D eigenvalue weighted by Crippen LogP contribution is 2.19. The first kappa shape index (κ1) is 30.6. The third-order valence-electron chi connectivity index (χ3n) is 5.17. The molecule has 0 radical (unpaired) electrons. The Balaban J connectivity index is 1.67. The van der Waals surface area contributed by atoms with Crippen LogP contribution in [0.4, 0.5) is 4.79 Å². The molecule has 0 aromatic heterocycles. The summed E-state index contributed by atoms with van der Waals surface area (Å²) in [6.07, 6.45) is -0.381. The van der Waals surface area contributed by atoms with Gasteiger partial charge < -0.3 is 29.6 Å². The van der Waals surface area contributed by atoms with Gasteiger partial charge in [0.15, 0.2) is 0 Å². The fourth-order valence-corrected chi connectivity index (χ4v) is 3.33. The summed E-state index contributed by atoms with van der Waals surface area (Å²) in [7, 11) is 1.50. The molecule has 1 aliphatic heterocycles. The van der Waals surface area contributed by atoms with Gasteiger partial charge in [0.1, 0.15) is 42.6 Å². The monoisotopic (exact) mass is 534 g/mol. The van der Waals surface area contributed by atoms with E-state index in [9.17, 15) is 19.2 Å². The molecule has 0 aliphatic carbocycles. The number of rotatable bonds is 14. The molecule has 2 unspecified atom stereocenters. The van der Waals surface area contributed by atoms with Crippen LogP contribution in [0.3, 0.4) is 0 Å². The number of benzene rings is 1. The van der Waals surface area contributed by atoms with Crippen molar-refractivity contribution >= 4 is 23.8 Å². The molecule has 4 amide bonds. The van der Waals surface area contributed by atoms with Crippen molar-refractivity contribution in [1.82, 2.24) is 21.3 Å². The van der Waals surface area contributed by atoms with E-state index in [0.29, 0.717) is 31.2 Å². The predicted octanol–water partition coefficient (Wildman–Crippen LogP) is 1.40. The van der Waals surface area contributed by atoms with Crippen LogP contribution in [-0.2, 0) is 23.9 Å². The Morgan fingerprint density at radius 2 is 1.79 bits per heavy atom. The van der Waals surface area contributed by atoms with Gasteiger partial charge in [-0.3, -0.25) is 25.0 Å². The Bertz CT molecular complexity index is 992. The van der Waals surface area contributed by atoms with Crippen LogP contribution >= 0.6 is 0 Å². The summed E-state index contributed by atoms with van der Waals surface area (Å²) in [5.74, 6) is -0.149. The molecule has 0 bridgehead atoms. The average molecular weight is 535 g/mol. The molecule has 1 aliphatic rings. The van der Waals surface area contributed by atoms with Crippen LogP contribution in [0.15, 0.2) is 36.4 Å². The summed E-state index contributed by atoms with van der Waals surface area (Å²) in [5, 5.41) is 10.6. The number of amides is 4. The molecule has 1 aromatic rings. The van der Waals surface area contributed by atoms with E-state index in [1.54, 1.807) is 45.0 Å². The summed E-state index contributed by atoms with van der Waals surface area (Å²) in [5.41, 5.74) is -0.323. The number of carbonyl (C=O) groups excluding carboxylic acids is 4. The maximum atomic E-state index is 12.4. The molecular formula is C26H38N4O8. The van der Waals surface area contributed by atoms with Crippen molar-refractivity contribution in [3.05, 3.63) is 36.4 Å². The molecular weight excluding hydrogens is 496 g/mol. The van der Waals surface area contributed by atoms with E-state index in [1.807, 2.05) is 0 Å². The SMILES string of the molecule is C=C(CC(NCCOc1cccc(OCCNC(=O)OC(C)(C)C)c1)OC)C(=O)NC1CCC(=O)NC1=O. The van der Waals surface area contributed by atoms with Crippen molar-refractivity contribution in [1.29, 1.82) is 0 Å². The Kier molecular flexibility index (Phi) is 12.0. The second-order valence-corrected chi connectivity index (χ2v) is 9.56. The van der Waals surface area contributed by atoms with Crippen molar-refractivity contribution in [2.75, 3.05) is 33.4 Å². The van der Waals surface area contributed by atoms with E-state index in [1.165, 1.54) is 7.11 Å². The van der Waals surface area contributed by atoms with Crippen molar-refractivity contribution in [3.8, 4) is 11.5 Å². The second-order valence-electron chi connectivity index (χ2n) is 9.56. The van der Waals surface area contributed by atoms with Gasteiger partial charge in [-0.2, -0.15) is 0 Å². The fraction of sp³-hybridized carbons (Fsp3) is 0.538. The summed E-state index contributed by atoms with van der Waals surface area (Å²) in [4.78, 5) is 47.1. The standard InChI is InChI=1S/C26H38N4O8/c1-17(23(32)29-20-9-10-21(31)30-24(20)33)15-22(35-5)27-11-13-36-18-7-6-8-19(16-18)37-14-12-28-25(34)38-26(2,3)4/h6-8,16,20,22,27H,1,9-15H2,2-5H3,(H,28,34)(H,29,32)(H,30,31,33). The van der Waals surface area contributed by atoms with Crippen LogP contribution in [0, 0.1) is 0 Å². The molecule has 4 N–H and O–H groups in total. The topological polar surface area (TPSA) is 153 Å². The van der Waals surface area contributed by atoms with Crippen LogP contribution in [0.1, 0.15) is 40.0 Å². The molecule has 210 valence electrons. The zero-order valence-electron chi connectivity index (χ0n) is 22.4. The fourth-order valence-electron chi connectivity index (χ4n) is 3.33. The summed E-state index contributed by atoms with van der Waals surface area (Å²) >= 11 is 0. The summed E-state index contributed by atoms with van der Waals surface area (Å²) < 4.78 is 21.9. The van der Waals surface area contributed by atoms with Crippen LogP contribution < -0.4 is 30.7 Å². The van der Waals surface area contributed by atoms with Gasteiger partial charge in [0.25, 0.3) is 0 Å². The lowest BCUT2D eigenvalue weighted by Crippen LogP contribution is -2.52. The molecule has 1 fully saturated rings. The minimum atomic E-state index is -0.764. The number of methoxy groups -OCH3 is 1. The van der Waals surface area contributed by atoms with Gasteiger partial charge in [0, 0.05) is 38.1 Å². The maximum absolute atomic E-state index is 12.4. The van der Waals surface area contributed by atoms with Crippen LogP contribution in [0.25, 0.3) is 0 Å². The Morgan fingerprint density at radius 3 is 2.39 bits per heavy atom. The highest BCUT2D eigenvalue weighted by atomic mass is 16.6. The van der Waals surface area contributed by atoms with Crippen LogP contribution in [0.5, 0.6) is 11.5 Å². The van der Waals surface area contributed by atoms with Crippen molar-refractivity contribution < 1.29 is 38.1 Å². The third kappa shape index (κ3) is 11.6. The van der Waals surface area contributed by atoms with Crippen molar-refractivity contribution in [3.63, 3.8) is 0 Å². The van der Waals surface area contributed by atoms with E-state index < -0.39 is 35.8 Å². The second kappa shape index (κ2) is 14.9. The van der Waals surface area contributed by atoms with Crippen LogP contribution in [0.2, 0.25) is 0 Å². The molecule has 1 heterocycles. The van der Waals surface area contributed by atoms with Crippen molar-refractivity contribution in [2.24, 2.45) is 0 Å². The van der Waals surface area contributed by atoms with E-state index in [-0.39, 0.29) is 37.3 Å². The quantitative estimate of drug-likeness (QED) is 0.120. The molecule has 1 aromatic carbocycles. The molecule has 38 heavy (non-hydrogen) atoms. The Labute approximate surface area is 222 Å². The third-order valence-corrected chi connectivity index (χ3v) is 5.17. The number of imide groups is 1. The van der Waals surface area contributed by atoms with Crippen LogP contribution in [-0.4, -0.2) is 75.1 Å². The lowest BCUT2D eigenvalue weighted by molar-refractivity contribution is -0.136. The number of carbonyl (C=O) groups is 4.